The van der Waals surface area contributed by atoms with Crippen LogP contribution in [-0.2, 0) is 9.59 Å². The van der Waals surface area contributed by atoms with Crippen molar-refractivity contribution in [3.63, 3.8) is 0 Å². The van der Waals surface area contributed by atoms with Gasteiger partial charge in [0.15, 0.2) is 0 Å². The van der Waals surface area contributed by atoms with Crippen molar-refractivity contribution in [1.82, 2.24) is 5.32 Å². The number of nitrogens with zero attached hydrogens (tertiary/aromatic N) is 1. The van der Waals surface area contributed by atoms with Crippen molar-refractivity contribution in [3.05, 3.63) is 77.8 Å². The van der Waals surface area contributed by atoms with Crippen molar-refractivity contribution in [3.8, 4) is 17.1 Å². The molecular weight excluding hydrogens is 403 g/mol. The molecule has 7 nitrogen and oxygen atoms in total. The second kappa shape index (κ2) is 8.27. The number of benzene rings is 2. The molecule has 1 aliphatic rings. The minimum Gasteiger partial charge on any atom is -0.494 e. The number of halogens is 1. The molecule has 0 unspecified atom stereocenters. The van der Waals surface area contributed by atoms with E-state index in [9.17, 15) is 18.8 Å². The number of urea groups is 1. The molecule has 4 rings (SSSR count). The Bertz CT molecular complexity index is 1200. The van der Waals surface area contributed by atoms with Crippen LogP contribution in [0.1, 0.15) is 12.7 Å². The number of ether oxygens (including phenoxy) is 1. The summed E-state index contributed by atoms with van der Waals surface area (Å²) in [5, 5.41) is 2.16. The topological polar surface area (TPSA) is 88.8 Å². The van der Waals surface area contributed by atoms with Gasteiger partial charge in [-0.25, -0.2) is 14.1 Å². The molecule has 156 valence electrons. The number of rotatable bonds is 5. The smallest absolute Gasteiger partial charge is 0.335 e. The first-order valence-corrected chi connectivity index (χ1v) is 9.46. The standard InChI is InChI=1S/C23H17FN2O5/c1-2-30-17-5-3-4-16(12-17)26-22(28)19(21(27)25-23(26)29)13-18-10-11-20(31-18)14-6-8-15(24)9-7-14/h3-13H,2H2,1H3,(H,25,27,29)/b19-13-. The maximum atomic E-state index is 13.1. The second-order valence-corrected chi connectivity index (χ2v) is 6.60. The fourth-order valence-corrected chi connectivity index (χ4v) is 3.11. The largest absolute Gasteiger partial charge is 0.494 e. The highest BCUT2D eigenvalue weighted by atomic mass is 19.1. The molecule has 0 atom stereocenters. The molecular formula is C23H17FN2O5. The molecule has 0 bridgehead atoms. The van der Waals surface area contributed by atoms with E-state index in [1.807, 2.05) is 6.92 Å². The van der Waals surface area contributed by atoms with Crippen LogP contribution in [-0.4, -0.2) is 24.5 Å². The van der Waals surface area contributed by atoms with Crippen LogP contribution in [0.25, 0.3) is 17.4 Å². The summed E-state index contributed by atoms with van der Waals surface area (Å²) < 4.78 is 24.2. The van der Waals surface area contributed by atoms with Crippen LogP contribution in [0.2, 0.25) is 0 Å². The molecule has 31 heavy (non-hydrogen) atoms. The number of hydrogen-bond donors (Lipinski definition) is 1. The van der Waals surface area contributed by atoms with E-state index in [0.717, 1.165) is 4.90 Å². The van der Waals surface area contributed by atoms with Gasteiger partial charge in [-0.15, -0.1) is 0 Å². The zero-order valence-corrected chi connectivity index (χ0v) is 16.4. The van der Waals surface area contributed by atoms with Crippen LogP contribution >= 0.6 is 0 Å². The van der Waals surface area contributed by atoms with Crippen molar-refractivity contribution in [2.75, 3.05) is 11.5 Å². The van der Waals surface area contributed by atoms with Gasteiger partial charge in [0.2, 0.25) is 0 Å². The summed E-state index contributed by atoms with van der Waals surface area (Å²) in [6, 6.07) is 14.5. The van der Waals surface area contributed by atoms with E-state index in [0.29, 0.717) is 23.7 Å². The molecule has 8 heteroatoms. The van der Waals surface area contributed by atoms with Gasteiger partial charge in [-0.3, -0.25) is 14.9 Å². The molecule has 1 aromatic heterocycles. The monoisotopic (exact) mass is 420 g/mol. The molecule has 0 spiro atoms. The Morgan fingerprint density at radius 1 is 1.06 bits per heavy atom. The fourth-order valence-electron chi connectivity index (χ4n) is 3.11. The lowest BCUT2D eigenvalue weighted by atomic mass is 10.1. The third kappa shape index (κ3) is 4.09. The summed E-state index contributed by atoms with van der Waals surface area (Å²) in [7, 11) is 0. The summed E-state index contributed by atoms with van der Waals surface area (Å²) in [4.78, 5) is 38.5. The highest BCUT2D eigenvalue weighted by Gasteiger charge is 2.37. The first-order valence-electron chi connectivity index (χ1n) is 9.46. The summed E-state index contributed by atoms with van der Waals surface area (Å²) in [6.45, 7) is 2.23. The molecule has 1 saturated heterocycles. The van der Waals surface area contributed by atoms with Crippen LogP contribution in [0, 0.1) is 5.82 Å². The molecule has 1 fully saturated rings. The Kier molecular flexibility index (Phi) is 5.36. The first-order chi connectivity index (χ1) is 15.0. The number of carbonyl (C=O) groups is 3. The van der Waals surface area contributed by atoms with E-state index in [2.05, 4.69) is 5.32 Å². The lowest BCUT2D eigenvalue weighted by molar-refractivity contribution is -0.122. The Hall–Kier alpha value is -4.20. The van der Waals surface area contributed by atoms with Gasteiger partial charge in [0.05, 0.1) is 12.3 Å². The van der Waals surface area contributed by atoms with Gasteiger partial charge in [-0.1, -0.05) is 6.07 Å². The molecule has 0 aliphatic carbocycles. The van der Waals surface area contributed by atoms with Gasteiger partial charge in [0.1, 0.15) is 28.7 Å². The summed E-state index contributed by atoms with van der Waals surface area (Å²) in [5.74, 6) is -0.838. The predicted octanol–water partition coefficient (Wildman–Crippen LogP) is 4.15. The molecule has 4 amide bonds. The average molecular weight is 420 g/mol. The van der Waals surface area contributed by atoms with E-state index < -0.39 is 17.8 Å². The minimum atomic E-state index is -0.854. The zero-order valence-electron chi connectivity index (χ0n) is 16.4. The lowest BCUT2D eigenvalue weighted by Gasteiger charge is -2.26. The van der Waals surface area contributed by atoms with Crippen molar-refractivity contribution in [2.24, 2.45) is 0 Å². The van der Waals surface area contributed by atoms with Gasteiger partial charge in [-0.2, -0.15) is 0 Å². The Morgan fingerprint density at radius 2 is 1.84 bits per heavy atom. The van der Waals surface area contributed by atoms with Crippen molar-refractivity contribution >= 4 is 29.6 Å². The van der Waals surface area contributed by atoms with Crippen molar-refractivity contribution < 1.29 is 27.9 Å². The normalized spacial score (nSPS) is 15.4. The number of amides is 4. The number of imide groups is 2. The summed E-state index contributed by atoms with van der Waals surface area (Å²) >= 11 is 0. The Morgan fingerprint density at radius 3 is 2.58 bits per heavy atom. The van der Waals surface area contributed by atoms with Gasteiger partial charge in [-0.05, 0) is 61.5 Å². The minimum absolute atomic E-state index is 0.232. The SMILES string of the molecule is CCOc1cccc(N2C(=O)NC(=O)/C(=C/c3ccc(-c4ccc(F)cc4)o3)C2=O)c1. The molecule has 0 radical (unpaired) electrons. The Labute approximate surface area is 176 Å². The van der Waals surface area contributed by atoms with Gasteiger partial charge in [0.25, 0.3) is 11.8 Å². The predicted molar refractivity (Wildman–Crippen MR) is 111 cm³/mol. The first kappa shape index (κ1) is 20.1. The van der Waals surface area contributed by atoms with Gasteiger partial charge in [0, 0.05) is 11.6 Å². The molecule has 1 aliphatic heterocycles. The lowest BCUT2D eigenvalue weighted by Crippen LogP contribution is -2.54. The van der Waals surface area contributed by atoms with Gasteiger partial charge < -0.3 is 9.15 Å². The molecule has 2 heterocycles. The molecule has 2 aromatic carbocycles. The maximum absolute atomic E-state index is 13.1. The number of barbiturate groups is 1. The van der Waals surface area contributed by atoms with E-state index in [1.165, 1.54) is 24.3 Å². The second-order valence-electron chi connectivity index (χ2n) is 6.60. The quantitative estimate of drug-likeness (QED) is 0.495. The van der Waals surface area contributed by atoms with Gasteiger partial charge >= 0.3 is 6.03 Å². The van der Waals surface area contributed by atoms with Crippen LogP contribution in [0.5, 0.6) is 5.75 Å². The van der Waals surface area contributed by atoms with E-state index in [4.69, 9.17) is 9.15 Å². The highest BCUT2D eigenvalue weighted by Crippen LogP contribution is 2.27. The maximum Gasteiger partial charge on any atom is 0.335 e. The van der Waals surface area contributed by atoms with Crippen molar-refractivity contribution in [1.29, 1.82) is 0 Å². The van der Waals surface area contributed by atoms with Crippen LogP contribution in [0.3, 0.4) is 0 Å². The van der Waals surface area contributed by atoms with Crippen LogP contribution in [0.15, 0.2) is 70.7 Å². The molecule has 0 saturated carbocycles. The number of hydrogen-bond acceptors (Lipinski definition) is 5. The number of nitrogens with one attached hydrogen (secondary N) is 1. The molecule has 1 N–H and O–H groups in total. The average Bonchev–Trinajstić information content (AvgIpc) is 3.21. The van der Waals surface area contributed by atoms with Crippen LogP contribution in [0.4, 0.5) is 14.9 Å². The summed E-state index contributed by atoms with van der Waals surface area (Å²) in [5.41, 5.74) is 0.634. The highest BCUT2D eigenvalue weighted by molar-refractivity contribution is 6.39. The third-order valence-electron chi connectivity index (χ3n) is 4.53. The number of furan rings is 1. The fraction of sp³-hybridized carbons (Fsp3) is 0.0870. The summed E-state index contributed by atoms with van der Waals surface area (Å²) in [6.07, 6.45) is 1.26. The van der Waals surface area contributed by atoms with E-state index >= 15 is 0 Å². The Balaban J connectivity index is 1.65. The van der Waals surface area contributed by atoms with Crippen LogP contribution < -0.4 is 15.0 Å². The molecule has 3 aromatic rings. The van der Waals surface area contributed by atoms with Crippen molar-refractivity contribution in [2.45, 2.75) is 6.92 Å². The number of anilines is 1. The van der Waals surface area contributed by atoms with E-state index in [1.54, 1.807) is 42.5 Å². The zero-order chi connectivity index (χ0) is 22.0. The van der Waals surface area contributed by atoms with E-state index in [-0.39, 0.29) is 22.8 Å². The number of carbonyl (C=O) groups excluding carboxylic acids is 3. The third-order valence-corrected chi connectivity index (χ3v) is 4.53.